The molecule has 4 heterocycles. The Morgan fingerprint density at radius 1 is 1.31 bits per heavy atom. The molecule has 29 heavy (non-hydrogen) atoms. The molecule has 5 rings (SSSR count). The summed E-state index contributed by atoms with van der Waals surface area (Å²) >= 11 is 1.31. The number of fused-ring (bicyclic) bond motifs is 1. The van der Waals surface area contributed by atoms with Crippen LogP contribution in [0.5, 0.6) is 0 Å². The summed E-state index contributed by atoms with van der Waals surface area (Å²) in [4.78, 5) is 17.1. The summed E-state index contributed by atoms with van der Waals surface area (Å²) < 4.78 is 11.2. The lowest BCUT2D eigenvalue weighted by molar-refractivity contribution is -0.131. The molecule has 8 nitrogen and oxygen atoms in total. The first-order valence-electron chi connectivity index (χ1n) is 9.46. The molecular formula is C20H19N5O3S. The molecule has 1 aliphatic heterocycles. The van der Waals surface area contributed by atoms with Gasteiger partial charge in [-0.25, -0.2) is 9.99 Å². The van der Waals surface area contributed by atoms with E-state index < -0.39 is 0 Å². The lowest BCUT2D eigenvalue weighted by Crippen LogP contribution is -2.32. The van der Waals surface area contributed by atoms with Gasteiger partial charge in [0.1, 0.15) is 23.9 Å². The van der Waals surface area contributed by atoms with Gasteiger partial charge in [-0.15, -0.1) is 0 Å². The zero-order chi connectivity index (χ0) is 19.6. The number of nitrogens with zero attached hydrogens (tertiary/aromatic N) is 4. The largest absolute Gasteiger partial charge is 0.467 e. The van der Waals surface area contributed by atoms with E-state index in [1.54, 1.807) is 17.5 Å². The van der Waals surface area contributed by atoms with E-state index in [1.807, 2.05) is 30.3 Å². The predicted molar refractivity (Wildman–Crippen MR) is 107 cm³/mol. The number of hydrogen-bond donors (Lipinski definition) is 1. The third-order valence-corrected chi connectivity index (χ3v) is 6.04. The Labute approximate surface area is 171 Å². The Balaban J connectivity index is 1.45. The van der Waals surface area contributed by atoms with E-state index in [4.69, 9.17) is 13.9 Å². The second kappa shape index (κ2) is 7.75. The first-order chi connectivity index (χ1) is 14.3. The number of furan rings is 2. The van der Waals surface area contributed by atoms with Crippen LogP contribution in [0.15, 0.2) is 67.8 Å². The van der Waals surface area contributed by atoms with Crippen LogP contribution in [0.1, 0.15) is 36.8 Å². The number of hydrazone groups is 1. The Bertz CT molecular complexity index is 1020. The SMILES string of the molecule is O=C(CSc1ncn[nH]1)N1N=C2/C(=C/c3ccco3)CCC[C@H]2[C@H]1c1ccco1. The molecule has 1 N–H and O–H groups in total. The molecule has 0 bridgehead atoms. The topological polar surface area (TPSA) is 101 Å². The Hall–Kier alpha value is -3.07. The molecule has 2 aliphatic rings. The van der Waals surface area contributed by atoms with Crippen LogP contribution in [0.4, 0.5) is 0 Å². The molecule has 2 atom stereocenters. The Kier molecular flexibility index (Phi) is 4.81. The zero-order valence-electron chi connectivity index (χ0n) is 15.5. The average molecular weight is 409 g/mol. The van der Waals surface area contributed by atoms with E-state index in [2.05, 4.69) is 15.2 Å². The van der Waals surface area contributed by atoms with Crippen molar-refractivity contribution in [3.05, 3.63) is 60.2 Å². The van der Waals surface area contributed by atoms with Crippen molar-refractivity contribution in [2.24, 2.45) is 11.0 Å². The van der Waals surface area contributed by atoms with Gasteiger partial charge in [-0.05, 0) is 55.2 Å². The number of aromatic nitrogens is 3. The van der Waals surface area contributed by atoms with Crippen LogP contribution < -0.4 is 0 Å². The molecule has 0 spiro atoms. The molecule has 9 heteroatoms. The van der Waals surface area contributed by atoms with E-state index in [0.717, 1.165) is 42.1 Å². The third-order valence-electron chi connectivity index (χ3n) is 5.18. The molecule has 1 fully saturated rings. The number of hydrogen-bond acceptors (Lipinski definition) is 7. The number of carbonyl (C=O) groups is 1. The minimum Gasteiger partial charge on any atom is -0.467 e. The second-order valence-corrected chi connectivity index (χ2v) is 7.91. The van der Waals surface area contributed by atoms with E-state index in [9.17, 15) is 4.79 Å². The number of aromatic amines is 1. The normalized spacial score (nSPS) is 22.7. The monoisotopic (exact) mass is 409 g/mol. The predicted octanol–water partition coefficient (Wildman–Crippen LogP) is 3.91. The molecule has 1 aliphatic carbocycles. The summed E-state index contributed by atoms with van der Waals surface area (Å²) in [7, 11) is 0. The van der Waals surface area contributed by atoms with E-state index in [1.165, 1.54) is 18.1 Å². The van der Waals surface area contributed by atoms with Crippen LogP contribution in [0, 0.1) is 5.92 Å². The molecule has 0 saturated heterocycles. The van der Waals surface area contributed by atoms with Gasteiger partial charge in [0.2, 0.25) is 0 Å². The van der Waals surface area contributed by atoms with Crippen molar-refractivity contribution in [3.8, 4) is 0 Å². The van der Waals surface area contributed by atoms with E-state index in [-0.39, 0.29) is 23.6 Å². The quantitative estimate of drug-likeness (QED) is 0.641. The van der Waals surface area contributed by atoms with Gasteiger partial charge in [0.05, 0.1) is 24.0 Å². The molecule has 0 unspecified atom stereocenters. The minimum atomic E-state index is -0.233. The summed E-state index contributed by atoms with van der Waals surface area (Å²) in [5.41, 5.74) is 2.07. The maximum absolute atomic E-state index is 13.1. The highest BCUT2D eigenvalue weighted by Gasteiger charge is 2.45. The van der Waals surface area contributed by atoms with Crippen LogP contribution in [0.25, 0.3) is 6.08 Å². The standard InChI is InChI=1S/C20H19N5O3S/c26-17(11-29-20-21-12-22-23-20)25-19(16-7-3-9-28-16)15-6-1-4-13(18(15)24-25)10-14-5-2-8-27-14/h2-3,5,7-10,12,15,19H,1,4,6,11H2,(H,21,22,23)/b13-10+/t15-,19+/m1/s1. The molecule has 1 saturated carbocycles. The molecule has 1 amide bonds. The Morgan fingerprint density at radius 3 is 2.97 bits per heavy atom. The van der Waals surface area contributed by atoms with Crippen molar-refractivity contribution in [2.75, 3.05) is 5.75 Å². The molecule has 3 aromatic heterocycles. The van der Waals surface area contributed by atoms with Gasteiger partial charge in [-0.1, -0.05) is 11.8 Å². The lowest BCUT2D eigenvalue weighted by Gasteiger charge is -2.27. The summed E-state index contributed by atoms with van der Waals surface area (Å²) in [5.74, 6) is 1.78. The van der Waals surface area contributed by atoms with Gasteiger partial charge >= 0.3 is 0 Å². The van der Waals surface area contributed by atoms with E-state index in [0.29, 0.717) is 5.16 Å². The summed E-state index contributed by atoms with van der Waals surface area (Å²) in [5, 5.41) is 13.6. The van der Waals surface area contributed by atoms with Crippen molar-refractivity contribution in [1.29, 1.82) is 0 Å². The number of carbonyl (C=O) groups excluding carboxylic acids is 1. The first-order valence-corrected chi connectivity index (χ1v) is 10.4. The highest BCUT2D eigenvalue weighted by molar-refractivity contribution is 7.99. The number of amides is 1. The smallest absolute Gasteiger partial charge is 0.253 e. The number of thioether (sulfide) groups is 1. The molecule has 3 aromatic rings. The summed E-state index contributed by atoms with van der Waals surface area (Å²) in [6, 6.07) is 7.32. The maximum Gasteiger partial charge on any atom is 0.253 e. The lowest BCUT2D eigenvalue weighted by atomic mass is 9.79. The fourth-order valence-corrected chi connectivity index (χ4v) is 4.58. The van der Waals surface area contributed by atoms with Crippen LogP contribution in [0.3, 0.4) is 0 Å². The summed E-state index contributed by atoms with van der Waals surface area (Å²) in [6.07, 6.45) is 9.65. The minimum absolute atomic E-state index is 0.0907. The first kappa shape index (κ1) is 18.0. The van der Waals surface area contributed by atoms with Gasteiger partial charge in [0.25, 0.3) is 5.91 Å². The number of allylic oxidation sites excluding steroid dienone is 1. The van der Waals surface area contributed by atoms with Crippen molar-refractivity contribution < 1.29 is 13.6 Å². The van der Waals surface area contributed by atoms with Gasteiger partial charge in [0.15, 0.2) is 5.16 Å². The van der Waals surface area contributed by atoms with Gasteiger partial charge in [-0.2, -0.15) is 10.2 Å². The molecular weight excluding hydrogens is 390 g/mol. The van der Waals surface area contributed by atoms with Gasteiger partial charge in [-0.3, -0.25) is 9.89 Å². The Morgan fingerprint density at radius 2 is 2.21 bits per heavy atom. The van der Waals surface area contributed by atoms with Crippen LogP contribution in [0.2, 0.25) is 0 Å². The molecule has 148 valence electrons. The van der Waals surface area contributed by atoms with Gasteiger partial charge < -0.3 is 8.83 Å². The highest BCUT2D eigenvalue weighted by Crippen LogP contribution is 2.44. The number of rotatable bonds is 5. The van der Waals surface area contributed by atoms with Crippen molar-refractivity contribution in [1.82, 2.24) is 20.2 Å². The summed E-state index contributed by atoms with van der Waals surface area (Å²) in [6.45, 7) is 0. The van der Waals surface area contributed by atoms with Crippen LogP contribution >= 0.6 is 11.8 Å². The zero-order valence-corrected chi connectivity index (χ0v) is 16.3. The number of H-pyrrole nitrogens is 1. The second-order valence-electron chi connectivity index (χ2n) is 6.95. The van der Waals surface area contributed by atoms with E-state index >= 15 is 0 Å². The van der Waals surface area contributed by atoms with Crippen molar-refractivity contribution in [3.63, 3.8) is 0 Å². The average Bonchev–Trinajstić information content (AvgIpc) is 3.53. The van der Waals surface area contributed by atoms with Crippen molar-refractivity contribution >= 4 is 29.5 Å². The highest BCUT2D eigenvalue weighted by atomic mass is 32.2. The third kappa shape index (κ3) is 3.53. The number of nitrogens with one attached hydrogen (secondary N) is 1. The maximum atomic E-state index is 13.1. The molecule has 0 radical (unpaired) electrons. The van der Waals surface area contributed by atoms with Crippen LogP contribution in [-0.4, -0.2) is 37.6 Å². The molecule has 0 aromatic carbocycles. The van der Waals surface area contributed by atoms with Crippen molar-refractivity contribution in [2.45, 2.75) is 30.5 Å². The fraction of sp³-hybridized carbons (Fsp3) is 0.300. The fourth-order valence-electron chi connectivity index (χ4n) is 3.95. The van der Waals surface area contributed by atoms with Gasteiger partial charge in [0, 0.05) is 5.92 Å². The van der Waals surface area contributed by atoms with Crippen LogP contribution in [-0.2, 0) is 4.79 Å².